The standard InChI is InChI=1S/C18H24ClNO5/c1-4-5-6-25-16-14(19)7-12(8-15(16)24-3)17(21)20-9-11(2)13(10-20)18(22)23/h7-8,11,13H,4-6,9-10H2,1-3H3,(H,22,23)/t11-,13-/m1/s1. The third-order valence-electron chi connectivity index (χ3n) is 4.44. The topological polar surface area (TPSA) is 76.1 Å². The molecule has 6 nitrogen and oxygen atoms in total. The van der Waals surface area contributed by atoms with Crippen LogP contribution >= 0.6 is 11.6 Å². The number of likely N-dealkylation sites (tertiary alicyclic amines) is 1. The monoisotopic (exact) mass is 369 g/mol. The summed E-state index contributed by atoms with van der Waals surface area (Å²) in [5, 5.41) is 9.53. The van der Waals surface area contributed by atoms with Gasteiger partial charge in [0.2, 0.25) is 0 Å². The van der Waals surface area contributed by atoms with Gasteiger partial charge in [-0.25, -0.2) is 0 Å². The predicted molar refractivity (Wildman–Crippen MR) is 94.6 cm³/mol. The minimum absolute atomic E-state index is 0.0875. The van der Waals surface area contributed by atoms with Crippen molar-refractivity contribution in [1.29, 1.82) is 0 Å². The number of methoxy groups -OCH3 is 1. The molecule has 0 unspecified atom stereocenters. The van der Waals surface area contributed by atoms with Gasteiger partial charge in [-0.15, -0.1) is 0 Å². The van der Waals surface area contributed by atoms with Crippen LogP contribution in [0.4, 0.5) is 0 Å². The van der Waals surface area contributed by atoms with Gasteiger partial charge >= 0.3 is 5.97 Å². The average molecular weight is 370 g/mol. The van der Waals surface area contributed by atoms with E-state index >= 15 is 0 Å². The van der Waals surface area contributed by atoms with Gasteiger partial charge in [-0.1, -0.05) is 31.9 Å². The van der Waals surface area contributed by atoms with Gasteiger partial charge in [0.25, 0.3) is 5.91 Å². The Balaban J connectivity index is 2.20. The van der Waals surface area contributed by atoms with Crippen LogP contribution in [0.5, 0.6) is 11.5 Å². The highest BCUT2D eigenvalue weighted by Gasteiger charge is 2.37. The molecule has 138 valence electrons. The summed E-state index contributed by atoms with van der Waals surface area (Å²) in [6, 6.07) is 3.14. The van der Waals surface area contributed by atoms with Crippen LogP contribution in [0.25, 0.3) is 0 Å². The Morgan fingerprint density at radius 3 is 2.64 bits per heavy atom. The number of hydrogen-bond donors (Lipinski definition) is 1. The molecule has 1 aliphatic rings. The zero-order valence-corrected chi connectivity index (χ0v) is 15.5. The van der Waals surface area contributed by atoms with Gasteiger partial charge in [-0.05, 0) is 24.5 Å². The highest BCUT2D eigenvalue weighted by atomic mass is 35.5. The maximum atomic E-state index is 12.7. The fourth-order valence-electron chi connectivity index (χ4n) is 2.94. The number of ether oxygens (including phenoxy) is 2. The minimum Gasteiger partial charge on any atom is -0.493 e. The molecule has 0 radical (unpaired) electrons. The predicted octanol–water partition coefficient (Wildman–Crippen LogP) is 3.32. The number of hydrogen-bond acceptors (Lipinski definition) is 4. The summed E-state index contributed by atoms with van der Waals surface area (Å²) in [5.74, 6) is -0.941. The van der Waals surface area contributed by atoms with Crippen molar-refractivity contribution >= 4 is 23.5 Å². The fraction of sp³-hybridized carbons (Fsp3) is 0.556. The third kappa shape index (κ3) is 4.37. The molecule has 2 atom stereocenters. The van der Waals surface area contributed by atoms with Crippen molar-refractivity contribution in [2.45, 2.75) is 26.7 Å². The Bertz CT molecular complexity index is 649. The summed E-state index contributed by atoms with van der Waals surface area (Å²) in [6.45, 7) is 5.02. The highest BCUT2D eigenvalue weighted by molar-refractivity contribution is 6.32. The van der Waals surface area contributed by atoms with E-state index in [1.165, 1.54) is 7.11 Å². The van der Waals surface area contributed by atoms with E-state index in [4.69, 9.17) is 21.1 Å². The lowest BCUT2D eigenvalue weighted by Crippen LogP contribution is -2.30. The normalized spacial score (nSPS) is 19.8. The van der Waals surface area contributed by atoms with Crippen molar-refractivity contribution in [1.82, 2.24) is 4.90 Å². The van der Waals surface area contributed by atoms with Crippen LogP contribution in [0, 0.1) is 11.8 Å². The SMILES string of the molecule is CCCCOc1c(Cl)cc(C(=O)N2C[C@@H](C)[C@H](C(=O)O)C2)cc1OC. The van der Waals surface area contributed by atoms with E-state index in [-0.39, 0.29) is 18.4 Å². The van der Waals surface area contributed by atoms with Gasteiger partial charge in [0.1, 0.15) is 0 Å². The first-order valence-corrected chi connectivity index (χ1v) is 8.79. The Morgan fingerprint density at radius 2 is 2.08 bits per heavy atom. The summed E-state index contributed by atoms with van der Waals surface area (Å²) in [4.78, 5) is 25.5. The number of carbonyl (C=O) groups is 2. The van der Waals surface area contributed by atoms with Gasteiger partial charge in [0, 0.05) is 18.7 Å². The van der Waals surface area contributed by atoms with Crippen molar-refractivity contribution in [3.8, 4) is 11.5 Å². The molecule has 1 heterocycles. The molecule has 2 rings (SSSR count). The minimum atomic E-state index is -0.877. The summed E-state index contributed by atoms with van der Waals surface area (Å²) in [7, 11) is 1.49. The molecule has 1 N–H and O–H groups in total. The van der Waals surface area contributed by atoms with Gasteiger partial charge in [-0.3, -0.25) is 9.59 Å². The first-order valence-electron chi connectivity index (χ1n) is 8.41. The smallest absolute Gasteiger partial charge is 0.308 e. The second-order valence-corrected chi connectivity index (χ2v) is 6.73. The maximum absolute atomic E-state index is 12.7. The van der Waals surface area contributed by atoms with Crippen LogP contribution in [0.2, 0.25) is 5.02 Å². The van der Waals surface area contributed by atoms with E-state index in [9.17, 15) is 14.7 Å². The van der Waals surface area contributed by atoms with Crippen LogP contribution in [-0.2, 0) is 4.79 Å². The summed E-state index contributed by atoms with van der Waals surface area (Å²) >= 11 is 6.28. The molecule has 1 fully saturated rings. The van der Waals surface area contributed by atoms with Crippen molar-refractivity contribution in [2.24, 2.45) is 11.8 Å². The Hall–Kier alpha value is -1.95. The molecule has 25 heavy (non-hydrogen) atoms. The molecular weight excluding hydrogens is 346 g/mol. The van der Waals surface area contributed by atoms with Crippen LogP contribution < -0.4 is 9.47 Å². The second kappa shape index (κ2) is 8.43. The fourth-order valence-corrected chi connectivity index (χ4v) is 3.20. The number of rotatable bonds is 7. The number of carbonyl (C=O) groups excluding carboxylic acids is 1. The highest BCUT2D eigenvalue weighted by Crippen LogP contribution is 2.37. The van der Waals surface area contributed by atoms with Crippen LogP contribution in [0.15, 0.2) is 12.1 Å². The molecule has 1 saturated heterocycles. The van der Waals surface area contributed by atoms with Gasteiger partial charge < -0.3 is 19.5 Å². The number of benzene rings is 1. The summed E-state index contributed by atoms with van der Waals surface area (Å²) in [6.07, 6.45) is 1.89. The van der Waals surface area contributed by atoms with E-state index in [1.54, 1.807) is 17.0 Å². The third-order valence-corrected chi connectivity index (χ3v) is 4.72. The number of unbranched alkanes of at least 4 members (excludes halogenated alkanes) is 1. The van der Waals surface area contributed by atoms with Crippen LogP contribution in [-0.4, -0.2) is 48.7 Å². The maximum Gasteiger partial charge on any atom is 0.308 e. The molecule has 1 aromatic carbocycles. The lowest BCUT2D eigenvalue weighted by molar-refractivity contribution is -0.142. The molecule has 0 spiro atoms. The molecule has 1 amide bonds. The Kier molecular flexibility index (Phi) is 6.53. The summed E-state index contributed by atoms with van der Waals surface area (Å²) < 4.78 is 11.0. The number of amides is 1. The van der Waals surface area contributed by atoms with Crippen molar-refractivity contribution in [3.05, 3.63) is 22.7 Å². The van der Waals surface area contributed by atoms with Crippen LogP contribution in [0.3, 0.4) is 0 Å². The number of carboxylic acid groups (broad SMARTS) is 1. The van der Waals surface area contributed by atoms with E-state index < -0.39 is 11.9 Å². The van der Waals surface area contributed by atoms with Crippen molar-refractivity contribution < 1.29 is 24.2 Å². The molecule has 0 bridgehead atoms. The number of nitrogens with zero attached hydrogens (tertiary/aromatic N) is 1. The molecule has 0 aliphatic carbocycles. The van der Waals surface area contributed by atoms with E-state index in [0.29, 0.717) is 35.2 Å². The molecular formula is C18H24ClNO5. The number of carboxylic acids is 1. The lowest BCUT2D eigenvalue weighted by atomic mass is 9.99. The van der Waals surface area contributed by atoms with E-state index in [2.05, 4.69) is 6.92 Å². The lowest BCUT2D eigenvalue weighted by Gasteiger charge is -2.18. The molecule has 0 saturated carbocycles. The molecule has 7 heteroatoms. The molecule has 0 aromatic heterocycles. The van der Waals surface area contributed by atoms with Crippen molar-refractivity contribution in [2.75, 3.05) is 26.8 Å². The number of aliphatic carboxylic acids is 1. The Labute approximate surface area is 152 Å². The van der Waals surface area contributed by atoms with E-state index in [1.807, 2.05) is 6.92 Å². The van der Waals surface area contributed by atoms with Gasteiger partial charge in [0.05, 0.1) is 24.7 Å². The first kappa shape index (κ1) is 19.4. The quantitative estimate of drug-likeness (QED) is 0.746. The molecule has 1 aromatic rings. The zero-order valence-electron chi connectivity index (χ0n) is 14.8. The van der Waals surface area contributed by atoms with Gasteiger partial charge in [0.15, 0.2) is 11.5 Å². The Morgan fingerprint density at radius 1 is 1.36 bits per heavy atom. The second-order valence-electron chi connectivity index (χ2n) is 6.32. The number of halogens is 1. The van der Waals surface area contributed by atoms with Crippen LogP contribution in [0.1, 0.15) is 37.0 Å². The van der Waals surface area contributed by atoms with Crippen molar-refractivity contribution in [3.63, 3.8) is 0 Å². The molecule has 1 aliphatic heterocycles. The van der Waals surface area contributed by atoms with Gasteiger partial charge in [-0.2, -0.15) is 0 Å². The summed E-state index contributed by atoms with van der Waals surface area (Å²) in [5.41, 5.74) is 0.364. The zero-order chi connectivity index (χ0) is 18.6. The first-order chi connectivity index (χ1) is 11.9. The largest absolute Gasteiger partial charge is 0.493 e. The average Bonchev–Trinajstić information content (AvgIpc) is 2.97. The van der Waals surface area contributed by atoms with E-state index in [0.717, 1.165) is 12.8 Å².